The van der Waals surface area contributed by atoms with Crippen molar-refractivity contribution < 1.29 is 4.79 Å². The van der Waals surface area contributed by atoms with Gasteiger partial charge in [0, 0.05) is 17.0 Å². The molecule has 110 valence electrons. The number of carbonyl (C=O) groups excluding carboxylic acids is 1. The quantitative estimate of drug-likeness (QED) is 0.800. The lowest BCUT2D eigenvalue weighted by atomic mass is 9.98. The fourth-order valence-corrected chi connectivity index (χ4v) is 4.67. The van der Waals surface area contributed by atoms with Crippen molar-refractivity contribution in [2.45, 2.75) is 31.0 Å². The number of thiophene rings is 1. The van der Waals surface area contributed by atoms with E-state index in [0.29, 0.717) is 0 Å². The van der Waals surface area contributed by atoms with E-state index in [1.54, 1.807) is 11.3 Å². The van der Waals surface area contributed by atoms with E-state index in [2.05, 4.69) is 57.8 Å². The number of fused-ring (bicyclic) bond motifs is 1. The summed E-state index contributed by atoms with van der Waals surface area (Å²) >= 11 is 5.58. The van der Waals surface area contributed by atoms with E-state index in [1.165, 1.54) is 10.4 Å². The molecule has 1 amide bonds. The molecule has 2 nitrogen and oxygen atoms in total. The number of nitrogens with one attached hydrogen (secondary N) is 1. The second-order valence-corrected chi connectivity index (χ2v) is 7.17. The van der Waals surface area contributed by atoms with Crippen LogP contribution in [0.2, 0.25) is 0 Å². The summed E-state index contributed by atoms with van der Waals surface area (Å²) < 4.78 is 0. The third-order valence-electron chi connectivity index (χ3n) is 3.97. The molecule has 1 aliphatic heterocycles. The number of aryl methyl sites for hydroxylation is 2. The number of halogens is 1. The second-order valence-electron chi connectivity index (χ2n) is 5.30. The van der Waals surface area contributed by atoms with E-state index in [1.807, 2.05) is 0 Å². The molecular weight excluding hydrogens is 346 g/mol. The van der Waals surface area contributed by atoms with Crippen molar-refractivity contribution >= 4 is 33.2 Å². The van der Waals surface area contributed by atoms with Gasteiger partial charge in [-0.05, 0) is 53.5 Å². The summed E-state index contributed by atoms with van der Waals surface area (Å²) in [5, 5.41) is 5.11. The average molecular weight is 364 g/mol. The predicted molar refractivity (Wildman–Crippen MR) is 91.6 cm³/mol. The van der Waals surface area contributed by atoms with Crippen molar-refractivity contribution in [1.82, 2.24) is 5.32 Å². The van der Waals surface area contributed by atoms with Gasteiger partial charge in [0.2, 0.25) is 0 Å². The molecule has 0 saturated carbocycles. The van der Waals surface area contributed by atoms with Gasteiger partial charge in [0.1, 0.15) is 0 Å². The zero-order valence-electron chi connectivity index (χ0n) is 12.0. The highest BCUT2D eigenvalue weighted by atomic mass is 79.9. The molecule has 1 aromatic carbocycles. The highest BCUT2D eigenvalue weighted by molar-refractivity contribution is 9.09. The fourth-order valence-electron chi connectivity index (χ4n) is 2.77. The maximum absolute atomic E-state index is 12.2. The van der Waals surface area contributed by atoms with Gasteiger partial charge in [0.25, 0.3) is 5.91 Å². The fraction of sp³-hybridized carbons (Fsp3) is 0.353. The van der Waals surface area contributed by atoms with Crippen LogP contribution in [0.25, 0.3) is 0 Å². The zero-order valence-corrected chi connectivity index (χ0v) is 14.4. The molecule has 1 aromatic heterocycles. The van der Waals surface area contributed by atoms with Gasteiger partial charge in [0.15, 0.2) is 0 Å². The Labute approximate surface area is 137 Å². The Kier molecular flexibility index (Phi) is 4.45. The second kappa shape index (κ2) is 6.32. The smallest absolute Gasteiger partial charge is 0.251 e. The van der Waals surface area contributed by atoms with Crippen molar-refractivity contribution in [3.05, 3.63) is 56.8 Å². The molecule has 0 fully saturated rings. The SMILES string of the molecule is CCc1ccsc1C(Br)c1ccc2c(c1)C(=O)NCCC2. The van der Waals surface area contributed by atoms with Gasteiger partial charge in [-0.25, -0.2) is 0 Å². The van der Waals surface area contributed by atoms with Crippen LogP contribution < -0.4 is 5.32 Å². The van der Waals surface area contributed by atoms with Crippen LogP contribution in [0, 0.1) is 0 Å². The molecule has 2 heterocycles. The zero-order chi connectivity index (χ0) is 14.8. The molecule has 4 heteroatoms. The van der Waals surface area contributed by atoms with Crippen molar-refractivity contribution in [3.63, 3.8) is 0 Å². The lowest BCUT2D eigenvalue weighted by Crippen LogP contribution is -2.22. The summed E-state index contributed by atoms with van der Waals surface area (Å²) in [7, 11) is 0. The van der Waals surface area contributed by atoms with Gasteiger partial charge >= 0.3 is 0 Å². The van der Waals surface area contributed by atoms with Crippen LogP contribution in [0.4, 0.5) is 0 Å². The van der Waals surface area contributed by atoms with Gasteiger partial charge < -0.3 is 5.32 Å². The number of alkyl halides is 1. The molecule has 0 spiro atoms. The number of hydrogen-bond donors (Lipinski definition) is 1. The maximum atomic E-state index is 12.2. The molecule has 2 aromatic rings. The van der Waals surface area contributed by atoms with Crippen LogP contribution in [0.5, 0.6) is 0 Å². The Bertz CT molecular complexity index is 665. The van der Waals surface area contributed by atoms with Crippen LogP contribution >= 0.6 is 27.3 Å². The van der Waals surface area contributed by atoms with Crippen molar-refractivity contribution in [3.8, 4) is 0 Å². The minimum absolute atomic E-state index is 0.0611. The summed E-state index contributed by atoms with van der Waals surface area (Å²) in [5.74, 6) is 0.0611. The van der Waals surface area contributed by atoms with Crippen molar-refractivity contribution in [2.75, 3.05) is 6.54 Å². The first-order chi connectivity index (χ1) is 10.2. The summed E-state index contributed by atoms with van der Waals surface area (Å²) in [4.78, 5) is 13.7. The molecule has 21 heavy (non-hydrogen) atoms. The van der Waals surface area contributed by atoms with E-state index in [9.17, 15) is 4.79 Å². The Morgan fingerprint density at radius 3 is 3.05 bits per heavy atom. The van der Waals surface area contributed by atoms with E-state index >= 15 is 0 Å². The Morgan fingerprint density at radius 1 is 1.38 bits per heavy atom. The normalized spacial score (nSPS) is 16.0. The molecule has 0 radical (unpaired) electrons. The van der Waals surface area contributed by atoms with Crippen LogP contribution in [0.15, 0.2) is 29.6 Å². The van der Waals surface area contributed by atoms with Crippen molar-refractivity contribution in [2.24, 2.45) is 0 Å². The van der Waals surface area contributed by atoms with E-state index < -0.39 is 0 Å². The lowest BCUT2D eigenvalue weighted by molar-refractivity contribution is 0.0956. The van der Waals surface area contributed by atoms with Crippen LogP contribution in [0.3, 0.4) is 0 Å². The summed E-state index contributed by atoms with van der Waals surface area (Å²) in [6.45, 7) is 2.95. The minimum atomic E-state index is 0.0611. The molecular formula is C17H18BrNOS. The molecule has 0 bridgehead atoms. The van der Waals surface area contributed by atoms with Crippen LogP contribution in [0.1, 0.15) is 50.1 Å². The highest BCUT2D eigenvalue weighted by Crippen LogP contribution is 2.37. The summed E-state index contributed by atoms with van der Waals surface area (Å²) in [5.41, 5.74) is 4.53. The number of carbonyl (C=O) groups is 1. The van der Waals surface area contributed by atoms with Gasteiger partial charge in [-0.1, -0.05) is 35.0 Å². The lowest BCUT2D eigenvalue weighted by Gasteiger charge is -2.13. The third kappa shape index (κ3) is 2.92. The molecule has 3 rings (SSSR count). The molecule has 1 unspecified atom stereocenters. The highest BCUT2D eigenvalue weighted by Gasteiger charge is 2.20. The Hall–Kier alpha value is -1.13. The monoisotopic (exact) mass is 363 g/mol. The number of benzene rings is 1. The van der Waals surface area contributed by atoms with Crippen LogP contribution in [-0.2, 0) is 12.8 Å². The number of rotatable bonds is 3. The predicted octanol–water partition coefficient (Wildman–Crippen LogP) is 4.47. The standard InChI is InChI=1S/C17H18BrNOS/c1-2-11-7-9-21-16(11)15(18)13-6-5-12-4-3-8-19-17(20)14(12)10-13/h5-7,9-10,15H,2-4,8H2,1H3,(H,19,20). The van der Waals surface area contributed by atoms with Gasteiger partial charge in [-0.15, -0.1) is 11.3 Å². The first-order valence-corrected chi connectivity index (χ1v) is 9.11. The minimum Gasteiger partial charge on any atom is -0.352 e. The number of amides is 1. The van der Waals surface area contributed by atoms with E-state index in [4.69, 9.17) is 0 Å². The first kappa shape index (κ1) is 14.8. The molecule has 0 saturated heterocycles. The Balaban J connectivity index is 1.98. The third-order valence-corrected chi connectivity index (χ3v) is 6.29. The van der Waals surface area contributed by atoms with Gasteiger partial charge in [0.05, 0.1) is 4.83 Å². The topological polar surface area (TPSA) is 29.1 Å². The van der Waals surface area contributed by atoms with E-state index in [-0.39, 0.29) is 10.7 Å². The van der Waals surface area contributed by atoms with E-state index in [0.717, 1.165) is 42.5 Å². The maximum Gasteiger partial charge on any atom is 0.251 e. The summed E-state index contributed by atoms with van der Waals surface area (Å²) in [6, 6.07) is 8.50. The van der Waals surface area contributed by atoms with Crippen molar-refractivity contribution in [1.29, 1.82) is 0 Å². The van der Waals surface area contributed by atoms with Gasteiger partial charge in [-0.3, -0.25) is 4.79 Å². The molecule has 1 N–H and O–H groups in total. The largest absolute Gasteiger partial charge is 0.352 e. The molecule has 1 atom stereocenters. The molecule has 0 aliphatic carbocycles. The average Bonchev–Trinajstić information content (AvgIpc) is 2.91. The molecule has 1 aliphatic rings. The summed E-state index contributed by atoms with van der Waals surface area (Å²) in [6.07, 6.45) is 3.02. The number of hydrogen-bond acceptors (Lipinski definition) is 2. The first-order valence-electron chi connectivity index (χ1n) is 7.32. The Morgan fingerprint density at radius 2 is 2.24 bits per heavy atom. The van der Waals surface area contributed by atoms with Gasteiger partial charge in [-0.2, -0.15) is 0 Å². The van der Waals surface area contributed by atoms with Crippen LogP contribution in [-0.4, -0.2) is 12.5 Å².